The summed E-state index contributed by atoms with van der Waals surface area (Å²) in [5.74, 6) is -0.441. The molecule has 0 fully saturated rings. The predicted octanol–water partition coefficient (Wildman–Crippen LogP) is 3.00. The van der Waals surface area contributed by atoms with Crippen molar-refractivity contribution in [2.24, 2.45) is 0 Å². The van der Waals surface area contributed by atoms with Crippen LogP contribution in [-0.2, 0) is 10.0 Å². The molecule has 0 aliphatic rings. The molecule has 0 heterocycles. The van der Waals surface area contributed by atoms with Crippen LogP contribution in [0, 0.1) is 5.82 Å². The van der Waals surface area contributed by atoms with E-state index in [1.807, 2.05) is 4.72 Å². The number of ether oxygens (including phenoxy) is 1. The average molecular weight is 359 g/mol. The Hall–Kier alpha value is -2.32. The van der Waals surface area contributed by atoms with Gasteiger partial charge in [-0.3, -0.25) is 0 Å². The Bertz CT molecular complexity index is 825. The highest BCUT2D eigenvalue weighted by Gasteiger charge is 2.22. The second-order valence-electron chi connectivity index (χ2n) is 4.36. The molecule has 23 heavy (non-hydrogen) atoms. The fourth-order valence-electron chi connectivity index (χ4n) is 1.73. The van der Waals surface area contributed by atoms with E-state index in [1.54, 1.807) is 0 Å². The Balaban J connectivity index is 2.19. The summed E-state index contributed by atoms with van der Waals surface area (Å²) in [7, 11) is -2.91. The third kappa shape index (κ3) is 4.33. The molecule has 2 N–H and O–H groups in total. The maximum atomic E-state index is 12.8. The fraction of sp³-hybridized carbons (Fsp3) is 0.0714. The van der Waals surface area contributed by atoms with Crippen LogP contribution in [-0.4, -0.2) is 21.6 Å². The van der Waals surface area contributed by atoms with Crippen molar-refractivity contribution in [1.82, 2.24) is 4.72 Å². The summed E-state index contributed by atoms with van der Waals surface area (Å²) in [5, 5.41) is 2.45. The van der Waals surface area contributed by atoms with E-state index in [9.17, 15) is 17.6 Å². The van der Waals surface area contributed by atoms with Crippen molar-refractivity contribution >= 4 is 33.3 Å². The number of nitrogens with one attached hydrogen (secondary N) is 2. The Morgan fingerprint density at radius 3 is 2.43 bits per heavy atom. The summed E-state index contributed by atoms with van der Waals surface area (Å²) in [6.07, 6.45) is 0. The van der Waals surface area contributed by atoms with Gasteiger partial charge in [-0.05, 0) is 42.5 Å². The molecule has 0 unspecified atom stereocenters. The van der Waals surface area contributed by atoms with Crippen LogP contribution in [0.25, 0.3) is 0 Å². The highest BCUT2D eigenvalue weighted by molar-refractivity contribution is 7.90. The number of methoxy groups -OCH3 is 1. The molecule has 0 atom stereocenters. The second-order valence-corrected chi connectivity index (χ2v) is 6.45. The Morgan fingerprint density at radius 1 is 1.17 bits per heavy atom. The van der Waals surface area contributed by atoms with Crippen molar-refractivity contribution in [2.75, 3.05) is 12.4 Å². The van der Waals surface area contributed by atoms with Crippen LogP contribution in [0.3, 0.4) is 0 Å². The number of halogens is 2. The highest BCUT2D eigenvalue weighted by Crippen LogP contribution is 2.26. The molecular weight excluding hydrogens is 347 g/mol. The average Bonchev–Trinajstić information content (AvgIpc) is 2.49. The molecule has 2 rings (SSSR count). The Morgan fingerprint density at radius 2 is 1.83 bits per heavy atom. The smallest absolute Gasteiger partial charge is 0.333 e. The van der Waals surface area contributed by atoms with E-state index in [0.717, 1.165) is 18.2 Å². The van der Waals surface area contributed by atoms with E-state index in [2.05, 4.69) is 5.32 Å². The van der Waals surface area contributed by atoms with Gasteiger partial charge in [0.2, 0.25) is 0 Å². The highest BCUT2D eigenvalue weighted by atomic mass is 35.5. The van der Waals surface area contributed by atoms with Crippen molar-refractivity contribution in [3.05, 3.63) is 53.3 Å². The molecule has 2 aromatic carbocycles. The van der Waals surface area contributed by atoms with Gasteiger partial charge in [0.1, 0.15) is 16.5 Å². The lowest BCUT2D eigenvalue weighted by Gasteiger charge is -2.11. The monoisotopic (exact) mass is 358 g/mol. The molecule has 0 aromatic heterocycles. The molecule has 2 amide bonds. The number of carbonyl (C=O) groups is 1. The molecule has 0 aliphatic carbocycles. The van der Waals surface area contributed by atoms with E-state index in [4.69, 9.17) is 16.3 Å². The maximum absolute atomic E-state index is 12.8. The topological polar surface area (TPSA) is 84.5 Å². The summed E-state index contributed by atoms with van der Waals surface area (Å²) < 4.78 is 44.1. The fourth-order valence-corrected chi connectivity index (χ4v) is 3.07. The van der Waals surface area contributed by atoms with Gasteiger partial charge in [-0.25, -0.2) is 22.3 Å². The number of rotatable bonds is 4. The zero-order valence-corrected chi connectivity index (χ0v) is 13.4. The van der Waals surface area contributed by atoms with E-state index in [-0.39, 0.29) is 21.4 Å². The number of anilines is 1. The molecule has 0 bridgehead atoms. The van der Waals surface area contributed by atoms with Gasteiger partial charge >= 0.3 is 6.03 Å². The molecular formula is C14H12ClFN2O4S. The van der Waals surface area contributed by atoms with Crippen LogP contribution >= 0.6 is 11.6 Å². The molecule has 0 radical (unpaired) electrons. The number of carbonyl (C=O) groups excluding carboxylic acids is 1. The molecule has 122 valence electrons. The number of hydrogen-bond acceptors (Lipinski definition) is 4. The first kappa shape index (κ1) is 17.0. The van der Waals surface area contributed by atoms with Gasteiger partial charge in [0.25, 0.3) is 10.0 Å². The van der Waals surface area contributed by atoms with Crippen LogP contribution < -0.4 is 14.8 Å². The normalized spacial score (nSPS) is 10.9. The Labute approximate surface area is 137 Å². The van der Waals surface area contributed by atoms with Crippen molar-refractivity contribution in [3.63, 3.8) is 0 Å². The number of benzene rings is 2. The first-order chi connectivity index (χ1) is 10.8. The molecule has 2 aromatic rings. The molecule has 9 heteroatoms. The van der Waals surface area contributed by atoms with Gasteiger partial charge < -0.3 is 10.1 Å². The van der Waals surface area contributed by atoms with Crippen molar-refractivity contribution in [2.45, 2.75) is 4.90 Å². The van der Waals surface area contributed by atoms with Crippen molar-refractivity contribution in [1.29, 1.82) is 0 Å². The lowest BCUT2D eigenvalue weighted by molar-refractivity contribution is 0.256. The van der Waals surface area contributed by atoms with E-state index in [1.165, 1.54) is 31.4 Å². The zero-order valence-electron chi connectivity index (χ0n) is 11.8. The molecule has 0 saturated heterocycles. The standard InChI is InChI=1S/C14H12ClFN2O4S/c1-22-12-7-2-9(15)8-13(12)23(20,21)18-14(19)17-11-5-3-10(16)4-6-11/h2-8H,1H3,(H2,17,18,19). The molecule has 0 saturated carbocycles. The van der Waals surface area contributed by atoms with Crippen LogP contribution in [0.15, 0.2) is 47.4 Å². The first-order valence-corrected chi connectivity index (χ1v) is 8.11. The summed E-state index contributed by atoms with van der Waals surface area (Å²) >= 11 is 5.78. The SMILES string of the molecule is COc1ccc(Cl)cc1S(=O)(=O)NC(=O)Nc1ccc(F)cc1. The minimum Gasteiger partial charge on any atom is -0.495 e. The molecule has 0 aliphatic heterocycles. The number of hydrogen-bond donors (Lipinski definition) is 2. The quantitative estimate of drug-likeness (QED) is 0.879. The van der Waals surface area contributed by atoms with E-state index >= 15 is 0 Å². The van der Waals surface area contributed by atoms with Gasteiger partial charge in [-0.15, -0.1) is 0 Å². The predicted molar refractivity (Wildman–Crippen MR) is 83.7 cm³/mol. The molecule has 0 spiro atoms. The number of urea groups is 1. The van der Waals surface area contributed by atoms with Gasteiger partial charge in [0, 0.05) is 10.7 Å². The van der Waals surface area contributed by atoms with Gasteiger partial charge in [0.15, 0.2) is 0 Å². The van der Waals surface area contributed by atoms with Crippen LogP contribution in [0.4, 0.5) is 14.9 Å². The Kier molecular flexibility index (Phi) is 5.07. The van der Waals surface area contributed by atoms with E-state index < -0.39 is 21.9 Å². The maximum Gasteiger partial charge on any atom is 0.333 e. The molecule has 6 nitrogen and oxygen atoms in total. The van der Waals surface area contributed by atoms with Crippen molar-refractivity contribution in [3.8, 4) is 5.75 Å². The summed E-state index contributed by atoms with van der Waals surface area (Å²) in [6, 6.07) is 7.83. The summed E-state index contributed by atoms with van der Waals surface area (Å²) in [5.41, 5.74) is 0.233. The summed E-state index contributed by atoms with van der Waals surface area (Å²) in [4.78, 5) is 11.5. The first-order valence-electron chi connectivity index (χ1n) is 6.25. The van der Waals surface area contributed by atoms with Gasteiger partial charge in [-0.2, -0.15) is 0 Å². The largest absolute Gasteiger partial charge is 0.495 e. The minimum absolute atomic E-state index is 0.0384. The lowest BCUT2D eigenvalue weighted by atomic mass is 10.3. The lowest BCUT2D eigenvalue weighted by Crippen LogP contribution is -2.34. The number of amides is 2. The van der Waals surface area contributed by atoms with Crippen LogP contribution in [0.1, 0.15) is 0 Å². The third-order valence-corrected chi connectivity index (χ3v) is 4.33. The zero-order chi connectivity index (χ0) is 17.0. The number of sulfonamides is 1. The van der Waals surface area contributed by atoms with Gasteiger partial charge in [0.05, 0.1) is 7.11 Å². The van der Waals surface area contributed by atoms with Crippen LogP contribution in [0.2, 0.25) is 5.02 Å². The van der Waals surface area contributed by atoms with Crippen molar-refractivity contribution < 1.29 is 22.3 Å². The van der Waals surface area contributed by atoms with Gasteiger partial charge in [-0.1, -0.05) is 11.6 Å². The minimum atomic E-state index is -4.20. The van der Waals surface area contributed by atoms with E-state index in [0.29, 0.717) is 0 Å². The van der Waals surface area contributed by atoms with Crippen LogP contribution in [0.5, 0.6) is 5.75 Å². The summed E-state index contributed by atoms with van der Waals surface area (Å²) in [6.45, 7) is 0. The second kappa shape index (κ2) is 6.84. The third-order valence-electron chi connectivity index (χ3n) is 2.74.